The highest BCUT2D eigenvalue weighted by Crippen LogP contribution is 2.17. The van der Waals surface area contributed by atoms with Crippen LogP contribution in [0.15, 0.2) is 59.6 Å². The zero-order valence-corrected chi connectivity index (χ0v) is 21.0. The molecule has 0 saturated carbocycles. The van der Waals surface area contributed by atoms with E-state index in [2.05, 4.69) is 58.6 Å². The van der Waals surface area contributed by atoms with Gasteiger partial charge in [0.15, 0.2) is 5.96 Å². The summed E-state index contributed by atoms with van der Waals surface area (Å²) in [4.78, 5) is 6.80. The number of halogens is 1. The summed E-state index contributed by atoms with van der Waals surface area (Å²) in [6.07, 6.45) is 0.556. The molecule has 1 aliphatic rings. The fraction of sp³-hybridized carbons (Fsp3) is 0.458. The zero-order valence-electron chi connectivity index (χ0n) is 18.7. The number of para-hydroxylation sites is 1. The second-order valence-electron chi connectivity index (χ2n) is 7.73. The van der Waals surface area contributed by atoms with Gasteiger partial charge in [0.2, 0.25) is 0 Å². The van der Waals surface area contributed by atoms with Crippen LogP contribution in [0.1, 0.15) is 25.0 Å². The molecule has 170 valence electrons. The molecule has 1 fully saturated rings. The van der Waals surface area contributed by atoms with Crippen molar-refractivity contribution in [2.75, 3.05) is 33.3 Å². The molecule has 2 atom stereocenters. The largest absolute Gasteiger partial charge is 0.492 e. The Morgan fingerprint density at radius 1 is 1.00 bits per heavy atom. The van der Waals surface area contributed by atoms with E-state index in [1.807, 2.05) is 30.3 Å². The van der Waals surface area contributed by atoms with Crippen LogP contribution >= 0.6 is 24.0 Å². The van der Waals surface area contributed by atoms with Crippen LogP contribution in [0, 0.1) is 0 Å². The second kappa shape index (κ2) is 13.5. The van der Waals surface area contributed by atoms with E-state index >= 15 is 0 Å². The van der Waals surface area contributed by atoms with Crippen molar-refractivity contribution in [3.63, 3.8) is 0 Å². The number of hydrogen-bond donors (Lipinski definition) is 2. The van der Waals surface area contributed by atoms with Crippen molar-refractivity contribution in [2.24, 2.45) is 4.99 Å². The molecule has 0 amide bonds. The number of hydrogen-bond acceptors (Lipinski definition) is 4. The molecule has 3 rings (SSSR count). The number of ether oxygens (including phenoxy) is 2. The van der Waals surface area contributed by atoms with Crippen LogP contribution in [-0.2, 0) is 17.8 Å². The second-order valence-corrected chi connectivity index (χ2v) is 7.73. The SMILES string of the molecule is CN=C(NCCOc1ccccc1)NCc1ccccc1CN1CC(C)OC(C)C1.I. The molecule has 2 aromatic rings. The molecule has 0 aliphatic carbocycles. The van der Waals surface area contributed by atoms with Gasteiger partial charge in [0.25, 0.3) is 0 Å². The van der Waals surface area contributed by atoms with Gasteiger partial charge in [-0.15, -0.1) is 24.0 Å². The first kappa shape index (κ1) is 25.4. The molecule has 1 heterocycles. The minimum Gasteiger partial charge on any atom is -0.492 e. The van der Waals surface area contributed by atoms with E-state index in [-0.39, 0.29) is 36.2 Å². The van der Waals surface area contributed by atoms with E-state index in [4.69, 9.17) is 9.47 Å². The van der Waals surface area contributed by atoms with Gasteiger partial charge in [0.1, 0.15) is 12.4 Å². The molecule has 6 nitrogen and oxygen atoms in total. The summed E-state index contributed by atoms with van der Waals surface area (Å²) < 4.78 is 11.6. The molecule has 0 aromatic heterocycles. The van der Waals surface area contributed by atoms with Crippen molar-refractivity contribution in [1.82, 2.24) is 15.5 Å². The number of benzene rings is 2. The smallest absolute Gasteiger partial charge is 0.191 e. The van der Waals surface area contributed by atoms with Crippen molar-refractivity contribution >= 4 is 29.9 Å². The Morgan fingerprint density at radius 2 is 1.65 bits per heavy atom. The van der Waals surface area contributed by atoms with Gasteiger partial charge in [-0.25, -0.2) is 0 Å². The zero-order chi connectivity index (χ0) is 21.2. The van der Waals surface area contributed by atoms with E-state index in [0.717, 1.165) is 37.9 Å². The van der Waals surface area contributed by atoms with Crippen LogP contribution < -0.4 is 15.4 Å². The Labute approximate surface area is 203 Å². The van der Waals surface area contributed by atoms with Gasteiger partial charge in [-0.05, 0) is 37.1 Å². The predicted octanol–water partition coefficient (Wildman–Crippen LogP) is 3.66. The summed E-state index contributed by atoms with van der Waals surface area (Å²) in [5.41, 5.74) is 2.63. The number of morpholine rings is 1. The van der Waals surface area contributed by atoms with Gasteiger partial charge < -0.3 is 20.1 Å². The lowest BCUT2D eigenvalue weighted by Crippen LogP contribution is -2.45. The number of nitrogens with zero attached hydrogens (tertiary/aromatic N) is 2. The van der Waals surface area contributed by atoms with E-state index in [1.54, 1.807) is 7.05 Å². The normalized spacial score (nSPS) is 19.4. The summed E-state index contributed by atoms with van der Waals surface area (Å²) in [6, 6.07) is 18.4. The first-order valence-electron chi connectivity index (χ1n) is 10.7. The fourth-order valence-electron chi connectivity index (χ4n) is 3.79. The van der Waals surface area contributed by atoms with Crippen molar-refractivity contribution in [1.29, 1.82) is 0 Å². The molecule has 1 saturated heterocycles. The van der Waals surface area contributed by atoms with Crippen molar-refractivity contribution in [2.45, 2.75) is 39.1 Å². The Hall–Kier alpha value is -1.84. The monoisotopic (exact) mass is 538 g/mol. The number of nitrogens with one attached hydrogen (secondary N) is 2. The van der Waals surface area contributed by atoms with Crippen LogP contribution in [0.25, 0.3) is 0 Å². The highest BCUT2D eigenvalue weighted by molar-refractivity contribution is 14.0. The van der Waals surface area contributed by atoms with Crippen molar-refractivity contribution in [3.8, 4) is 5.75 Å². The molecular weight excluding hydrogens is 503 g/mol. The lowest BCUT2D eigenvalue weighted by Gasteiger charge is -2.35. The van der Waals surface area contributed by atoms with Gasteiger partial charge in [0, 0.05) is 33.2 Å². The standard InChI is InChI=1S/C24H34N4O2.HI/c1-19-16-28(17-20(2)30-19)18-22-10-8-7-9-21(22)15-27-24(25-3)26-13-14-29-23-11-5-4-6-12-23;/h4-12,19-20H,13-18H2,1-3H3,(H2,25,26,27);1H. The third kappa shape index (κ3) is 8.66. The van der Waals surface area contributed by atoms with Gasteiger partial charge in [-0.1, -0.05) is 42.5 Å². The van der Waals surface area contributed by atoms with E-state index in [0.29, 0.717) is 13.2 Å². The first-order valence-corrected chi connectivity index (χ1v) is 10.7. The number of rotatable bonds is 8. The molecule has 2 N–H and O–H groups in total. The molecule has 31 heavy (non-hydrogen) atoms. The van der Waals surface area contributed by atoms with Gasteiger partial charge in [0.05, 0.1) is 18.8 Å². The van der Waals surface area contributed by atoms with Gasteiger partial charge in [-0.2, -0.15) is 0 Å². The quantitative estimate of drug-likeness (QED) is 0.233. The first-order chi connectivity index (χ1) is 14.6. The van der Waals surface area contributed by atoms with E-state index < -0.39 is 0 Å². The fourth-order valence-corrected chi connectivity index (χ4v) is 3.79. The predicted molar refractivity (Wildman–Crippen MR) is 137 cm³/mol. The summed E-state index contributed by atoms with van der Waals surface area (Å²) >= 11 is 0. The van der Waals surface area contributed by atoms with Crippen LogP contribution in [0.5, 0.6) is 5.75 Å². The number of aliphatic imine (C=N–C) groups is 1. The summed E-state index contributed by atoms with van der Waals surface area (Å²) in [7, 11) is 1.79. The topological polar surface area (TPSA) is 58.1 Å². The molecule has 2 aromatic carbocycles. The summed E-state index contributed by atoms with van der Waals surface area (Å²) in [5.74, 6) is 1.65. The molecule has 0 radical (unpaired) electrons. The Balaban J connectivity index is 0.00000341. The number of guanidine groups is 1. The maximum Gasteiger partial charge on any atom is 0.191 e. The van der Waals surface area contributed by atoms with Crippen molar-refractivity contribution < 1.29 is 9.47 Å². The van der Waals surface area contributed by atoms with Gasteiger partial charge >= 0.3 is 0 Å². The van der Waals surface area contributed by atoms with Crippen LogP contribution in [0.2, 0.25) is 0 Å². The Kier molecular flexibility index (Phi) is 11.1. The Morgan fingerprint density at radius 3 is 2.32 bits per heavy atom. The highest BCUT2D eigenvalue weighted by atomic mass is 127. The van der Waals surface area contributed by atoms with Crippen LogP contribution in [0.4, 0.5) is 0 Å². The molecule has 7 heteroatoms. The van der Waals surface area contributed by atoms with Crippen LogP contribution in [0.3, 0.4) is 0 Å². The minimum atomic E-state index is 0. The third-order valence-electron chi connectivity index (χ3n) is 5.08. The van der Waals surface area contributed by atoms with E-state index in [9.17, 15) is 0 Å². The highest BCUT2D eigenvalue weighted by Gasteiger charge is 2.22. The minimum absolute atomic E-state index is 0. The lowest BCUT2D eigenvalue weighted by molar-refractivity contribution is -0.0705. The average molecular weight is 538 g/mol. The maximum absolute atomic E-state index is 5.86. The van der Waals surface area contributed by atoms with Crippen molar-refractivity contribution in [3.05, 3.63) is 65.7 Å². The molecular formula is C24H35IN4O2. The van der Waals surface area contributed by atoms with E-state index in [1.165, 1.54) is 11.1 Å². The maximum atomic E-state index is 5.86. The molecule has 2 unspecified atom stereocenters. The molecule has 0 spiro atoms. The molecule has 1 aliphatic heterocycles. The summed E-state index contributed by atoms with van der Waals surface area (Å²) in [5, 5.41) is 6.73. The molecule has 0 bridgehead atoms. The third-order valence-corrected chi connectivity index (χ3v) is 5.08. The summed E-state index contributed by atoms with van der Waals surface area (Å²) in [6.45, 7) is 9.15. The lowest BCUT2D eigenvalue weighted by atomic mass is 10.1. The van der Waals surface area contributed by atoms with Gasteiger partial charge in [-0.3, -0.25) is 9.89 Å². The van der Waals surface area contributed by atoms with Crippen LogP contribution in [-0.4, -0.2) is 56.4 Å². The Bertz CT molecular complexity index is 793. The average Bonchev–Trinajstić information content (AvgIpc) is 2.74.